The predicted molar refractivity (Wildman–Crippen MR) is 79.7 cm³/mol. The monoisotopic (exact) mass is 320 g/mol. The van der Waals surface area contributed by atoms with Crippen LogP contribution in [0.15, 0.2) is 0 Å². The normalized spacial score (nSPS) is 32.7. The summed E-state index contributed by atoms with van der Waals surface area (Å²) in [4.78, 5) is 22.4. The van der Waals surface area contributed by atoms with Crippen molar-refractivity contribution in [2.45, 2.75) is 44.6 Å². The number of aliphatic hydroxyl groups is 2. The maximum absolute atomic E-state index is 11.8. The van der Waals surface area contributed by atoms with Gasteiger partial charge in [0.25, 0.3) is 0 Å². The molecule has 0 aromatic carbocycles. The van der Waals surface area contributed by atoms with E-state index in [4.69, 9.17) is 10.5 Å². The smallest absolute Gasteiger partial charge is 0.227 e. The van der Waals surface area contributed by atoms with Crippen molar-refractivity contribution in [3.63, 3.8) is 0 Å². The van der Waals surface area contributed by atoms with Crippen LogP contribution in [0.5, 0.6) is 0 Å². The zero-order chi connectivity index (χ0) is 16.0. The lowest BCUT2D eigenvalue weighted by atomic mass is 9.87. The fourth-order valence-corrected chi connectivity index (χ4v) is 2.99. The standard InChI is InChI=1S/C13H24N2O5S/c1-7-9(5-16)20-8(2)12(13(7)19)15-11(18)3-4-21-6-10(14)17/h7-9,12-13,16,19H,3-6H2,1-2H3,(H2,14,17)(H,15,18)/t7-,8+,9-,12+,13+/m1/s1. The van der Waals surface area contributed by atoms with Crippen molar-refractivity contribution in [2.24, 2.45) is 11.7 Å². The average Bonchev–Trinajstić information content (AvgIpc) is 2.43. The van der Waals surface area contributed by atoms with E-state index in [2.05, 4.69) is 5.32 Å². The third-order valence-electron chi connectivity index (χ3n) is 3.61. The molecule has 21 heavy (non-hydrogen) atoms. The number of aliphatic hydroxyl groups excluding tert-OH is 2. The Morgan fingerprint density at radius 2 is 2.05 bits per heavy atom. The van der Waals surface area contributed by atoms with E-state index in [0.29, 0.717) is 5.75 Å². The molecule has 5 atom stereocenters. The molecule has 0 saturated carbocycles. The second kappa shape index (κ2) is 8.57. The molecule has 1 heterocycles. The number of carbonyl (C=O) groups excluding carboxylic acids is 2. The second-order valence-electron chi connectivity index (χ2n) is 5.27. The van der Waals surface area contributed by atoms with Crippen LogP contribution in [0.25, 0.3) is 0 Å². The van der Waals surface area contributed by atoms with Crippen LogP contribution in [0.4, 0.5) is 0 Å². The van der Waals surface area contributed by atoms with Gasteiger partial charge in [0.2, 0.25) is 11.8 Å². The lowest BCUT2D eigenvalue weighted by Gasteiger charge is -2.42. The first-order valence-corrected chi connectivity index (χ1v) is 8.12. The van der Waals surface area contributed by atoms with E-state index in [9.17, 15) is 19.8 Å². The number of nitrogens with two attached hydrogens (primary N) is 1. The zero-order valence-corrected chi connectivity index (χ0v) is 13.1. The van der Waals surface area contributed by atoms with Gasteiger partial charge in [0.15, 0.2) is 0 Å². The molecule has 0 unspecified atom stereocenters. The van der Waals surface area contributed by atoms with Gasteiger partial charge >= 0.3 is 0 Å². The van der Waals surface area contributed by atoms with E-state index in [0.717, 1.165) is 0 Å². The number of thioether (sulfide) groups is 1. The molecular formula is C13H24N2O5S. The van der Waals surface area contributed by atoms with Gasteiger partial charge in [-0.3, -0.25) is 9.59 Å². The van der Waals surface area contributed by atoms with Gasteiger partial charge in [-0.15, -0.1) is 0 Å². The number of carbonyl (C=O) groups is 2. The molecule has 5 N–H and O–H groups in total. The largest absolute Gasteiger partial charge is 0.394 e. The highest BCUT2D eigenvalue weighted by Crippen LogP contribution is 2.25. The van der Waals surface area contributed by atoms with Crippen molar-refractivity contribution >= 4 is 23.6 Å². The van der Waals surface area contributed by atoms with Crippen LogP contribution in [0.1, 0.15) is 20.3 Å². The lowest BCUT2D eigenvalue weighted by molar-refractivity contribution is -0.161. The molecular weight excluding hydrogens is 296 g/mol. The number of primary amides is 1. The minimum Gasteiger partial charge on any atom is -0.394 e. The van der Waals surface area contributed by atoms with Crippen LogP contribution in [-0.2, 0) is 14.3 Å². The van der Waals surface area contributed by atoms with Crippen LogP contribution >= 0.6 is 11.8 Å². The Hall–Kier alpha value is -0.830. The molecule has 0 aromatic rings. The summed E-state index contributed by atoms with van der Waals surface area (Å²) in [6.45, 7) is 3.37. The molecule has 1 aliphatic rings. The summed E-state index contributed by atoms with van der Waals surface area (Å²) in [6.07, 6.45) is -1.33. The van der Waals surface area contributed by atoms with Gasteiger partial charge in [-0.25, -0.2) is 0 Å². The topological polar surface area (TPSA) is 122 Å². The third kappa shape index (κ3) is 5.46. The highest BCUT2D eigenvalue weighted by molar-refractivity contribution is 7.99. The number of ether oxygens (including phenoxy) is 1. The predicted octanol–water partition coefficient (Wildman–Crippen LogP) is -1.14. The Kier molecular flexibility index (Phi) is 7.44. The molecule has 0 spiro atoms. The van der Waals surface area contributed by atoms with E-state index >= 15 is 0 Å². The number of rotatable bonds is 7. The van der Waals surface area contributed by atoms with Crippen molar-refractivity contribution in [2.75, 3.05) is 18.1 Å². The Morgan fingerprint density at radius 1 is 1.38 bits per heavy atom. The highest BCUT2D eigenvalue weighted by Gasteiger charge is 2.41. The van der Waals surface area contributed by atoms with Gasteiger partial charge < -0.3 is 26.0 Å². The molecule has 122 valence electrons. The summed E-state index contributed by atoms with van der Waals surface area (Å²) in [5, 5.41) is 22.2. The summed E-state index contributed by atoms with van der Waals surface area (Å²) in [5.74, 6) is -0.203. The van der Waals surface area contributed by atoms with Crippen molar-refractivity contribution in [1.29, 1.82) is 0 Å². The Morgan fingerprint density at radius 3 is 2.62 bits per heavy atom. The quantitative estimate of drug-likeness (QED) is 0.440. The van der Waals surface area contributed by atoms with E-state index in [1.54, 1.807) is 13.8 Å². The summed E-state index contributed by atoms with van der Waals surface area (Å²) in [5.41, 5.74) is 5.01. The van der Waals surface area contributed by atoms with Crippen LogP contribution in [0.2, 0.25) is 0 Å². The van der Waals surface area contributed by atoms with Gasteiger partial charge in [0, 0.05) is 18.1 Å². The summed E-state index contributed by atoms with van der Waals surface area (Å²) < 4.78 is 5.60. The van der Waals surface area contributed by atoms with Gasteiger partial charge in [0.05, 0.1) is 36.7 Å². The van der Waals surface area contributed by atoms with Crippen LogP contribution < -0.4 is 11.1 Å². The summed E-state index contributed by atoms with van der Waals surface area (Å²) in [7, 11) is 0. The van der Waals surface area contributed by atoms with E-state index in [1.807, 2.05) is 0 Å². The minimum absolute atomic E-state index is 0.160. The average molecular weight is 320 g/mol. The van der Waals surface area contributed by atoms with E-state index in [1.165, 1.54) is 11.8 Å². The van der Waals surface area contributed by atoms with E-state index in [-0.39, 0.29) is 36.7 Å². The molecule has 1 fully saturated rings. The molecule has 0 bridgehead atoms. The maximum Gasteiger partial charge on any atom is 0.227 e. The molecule has 0 radical (unpaired) electrons. The molecule has 7 nitrogen and oxygen atoms in total. The molecule has 8 heteroatoms. The van der Waals surface area contributed by atoms with Crippen molar-refractivity contribution in [1.82, 2.24) is 5.32 Å². The zero-order valence-electron chi connectivity index (χ0n) is 12.3. The summed E-state index contributed by atoms with van der Waals surface area (Å²) in [6, 6.07) is -0.503. The van der Waals surface area contributed by atoms with Gasteiger partial charge in [0.1, 0.15) is 0 Å². The molecule has 1 rings (SSSR count). The van der Waals surface area contributed by atoms with E-state index < -0.39 is 24.2 Å². The first-order chi connectivity index (χ1) is 9.86. The van der Waals surface area contributed by atoms with Gasteiger partial charge in [-0.2, -0.15) is 11.8 Å². The Balaban J connectivity index is 2.42. The third-order valence-corrected chi connectivity index (χ3v) is 4.60. The Bertz CT molecular complexity index is 368. The lowest BCUT2D eigenvalue weighted by Crippen LogP contribution is -2.60. The van der Waals surface area contributed by atoms with Crippen molar-refractivity contribution < 1.29 is 24.5 Å². The first kappa shape index (κ1) is 18.2. The number of amides is 2. The fourth-order valence-electron chi connectivity index (χ4n) is 2.32. The first-order valence-electron chi connectivity index (χ1n) is 6.96. The van der Waals surface area contributed by atoms with Crippen molar-refractivity contribution in [3.8, 4) is 0 Å². The van der Waals surface area contributed by atoms with Crippen LogP contribution in [0, 0.1) is 5.92 Å². The number of hydrogen-bond acceptors (Lipinski definition) is 6. The minimum atomic E-state index is -0.770. The second-order valence-corrected chi connectivity index (χ2v) is 6.38. The highest BCUT2D eigenvalue weighted by atomic mass is 32.2. The van der Waals surface area contributed by atoms with Crippen LogP contribution in [0.3, 0.4) is 0 Å². The molecule has 0 aliphatic carbocycles. The molecule has 1 aliphatic heterocycles. The molecule has 2 amide bonds. The number of nitrogens with one attached hydrogen (secondary N) is 1. The SMILES string of the molecule is C[C@H]1[C@H](O)[C@@H](NC(=O)CCSCC(N)=O)[C@H](C)O[C@@H]1CO. The number of hydrogen-bond donors (Lipinski definition) is 4. The molecule has 0 aromatic heterocycles. The maximum atomic E-state index is 11.8. The van der Waals surface area contributed by atoms with Crippen LogP contribution in [-0.4, -0.2) is 64.5 Å². The van der Waals surface area contributed by atoms with Gasteiger partial charge in [-0.1, -0.05) is 6.92 Å². The summed E-state index contributed by atoms with van der Waals surface area (Å²) >= 11 is 1.30. The fraction of sp³-hybridized carbons (Fsp3) is 0.846. The molecule has 1 saturated heterocycles. The van der Waals surface area contributed by atoms with Crippen molar-refractivity contribution in [3.05, 3.63) is 0 Å². The Labute approximate surface area is 128 Å². The van der Waals surface area contributed by atoms with Gasteiger partial charge in [-0.05, 0) is 6.92 Å².